The number of nitrogens with zero attached hydrogens (tertiary/aromatic N) is 1. The van der Waals surface area contributed by atoms with Crippen LogP contribution < -0.4 is 10.1 Å². The van der Waals surface area contributed by atoms with E-state index in [0.717, 1.165) is 6.07 Å². The summed E-state index contributed by atoms with van der Waals surface area (Å²) in [6.45, 7) is 1.73. The summed E-state index contributed by atoms with van der Waals surface area (Å²) in [6, 6.07) is 9.11. The van der Waals surface area contributed by atoms with Crippen molar-refractivity contribution in [2.45, 2.75) is 13.0 Å². The molecule has 0 saturated carbocycles. The van der Waals surface area contributed by atoms with Crippen molar-refractivity contribution in [3.05, 3.63) is 69.5 Å². The van der Waals surface area contributed by atoms with Crippen molar-refractivity contribution in [1.29, 1.82) is 0 Å². The average molecular weight is 318 g/mol. The molecule has 0 aliphatic rings. The number of carbonyl (C=O) groups excluding carboxylic acids is 1. The first-order valence-corrected chi connectivity index (χ1v) is 6.81. The fraction of sp³-hybridized carbons (Fsp3) is 0.188. The lowest BCUT2D eigenvalue weighted by Crippen LogP contribution is -2.27. The van der Waals surface area contributed by atoms with Crippen LogP contribution in [0.3, 0.4) is 0 Å². The molecule has 6 nitrogen and oxygen atoms in total. The summed E-state index contributed by atoms with van der Waals surface area (Å²) in [5, 5.41) is 13.6. The molecule has 0 saturated heterocycles. The van der Waals surface area contributed by atoms with Crippen LogP contribution in [0.1, 0.15) is 28.9 Å². The van der Waals surface area contributed by atoms with Crippen molar-refractivity contribution in [2.75, 3.05) is 7.11 Å². The molecule has 2 rings (SSSR count). The fourth-order valence-electron chi connectivity index (χ4n) is 2.10. The highest BCUT2D eigenvalue weighted by Crippen LogP contribution is 2.25. The Hall–Kier alpha value is -2.96. The molecule has 1 unspecified atom stereocenters. The van der Waals surface area contributed by atoms with E-state index in [-0.39, 0.29) is 22.8 Å². The van der Waals surface area contributed by atoms with Crippen LogP contribution in [0.15, 0.2) is 42.5 Å². The van der Waals surface area contributed by atoms with Gasteiger partial charge < -0.3 is 10.1 Å². The summed E-state index contributed by atoms with van der Waals surface area (Å²) < 4.78 is 18.0. The van der Waals surface area contributed by atoms with Crippen molar-refractivity contribution >= 4 is 11.6 Å². The lowest BCUT2D eigenvalue weighted by atomic mass is 10.1. The van der Waals surface area contributed by atoms with Crippen LogP contribution in [0.4, 0.5) is 10.1 Å². The van der Waals surface area contributed by atoms with Crippen LogP contribution in [0, 0.1) is 15.9 Å². The summed E-state index contributed by atoms with van der Waals surface area (Å²) in [7, 11) is 1.38. The van der Waals surface area contributed by atoms with Gasteiger partial charge in [-0.25, -0.2) is 4.39 Å². The van der Waals surface area contributed by atoms with Crippen LogP contribution >= 0.6 is 0 Å². The normalized spacial score (nSPS) is 11.6. The van der Waals surface area contributed by atoms with E-state index < -0.39 is 16.9 Å². The largest absolute Gasteiger partial charge is 0.496 e. The topological polar surface area (TPSA) is 81.5 Å². The van der Waals surface area contributed by atoms with Gasteiger partial charge in [-0.2, -0.15) is 0 Å². The van der Waals surface area contributed by atoms with Crippen molar-refractivity contribution in [3.63, 3.8) is 0 Å². The molecule has 1 amide bonds. The number of ether oxygens (including phenoxy) is 1. The van der Waals surface area contributed by atoms with E-state index >= 15 is 0 Å². The Morgan fingerprint density at radius 1 is 1.26 bits per heavy atom. The predicted molar refractivity (Wildman–Crippen MR) is 81.9 cm³/mol. The van der Waals surface area contributed by atoms with Gasteiger partial charge in [-0.3, -0.25) is 14.9 Å². The minimum absolute atomic E-state index is 0.0654. The molecular formula is C16H15FN2O4. The molecule has 1 N–H and O–H groups in total. The molecule has 0 heterocycles. The first kappa shape index (κ1) is 16.4. The SMILES string of the molecule is COc1ccc([N+](=O)[O-])cc1C(=O)NC(C)c1ccc(F)cc1. The van der Waals surface area contributed by atoms with Gasteiger partial charge in [0.05, 0.1) is 23.6 Å². The molecule has 2 aromatic rings. The maximum atomic E-state index is 12.9. The Morgan fingerprint density at radius 2 is 1.91 bits per heavy atom. The second kappa shape index (κ2) is 6.87. The Labute approximate surface area is 132 Å². The summed E-state index contributed by atoms with van der Waals surface area (Å²) in [6.07, 6.45) is 0. The van der Waals surface area contributed by atoms with Gasteiger partial charge in [0, 0.05) is 12.1 Å². The zero-order chi connectivity index (χ0) is 17.0. The fourth-order valence-corrected chi connectivity index (χ4v) is 2.10. The first-order chi connectivity index (χ1) is 10.9. The number of benzene rings is 2. The molecule has 0 aliphatic heterocycles. The zero-order valence-electron chi connectivity index (χ0n) is 12.6. The van der Waals surface area contributed by atoms with E-state index in [1.165, 1.54) is 31.4 Å². The Bertz CT molecular complexity index is 731. The van der Waals surface area contributed by atoms with Crippen LogP contribution in [-0.2, 0) is 0 Å². The third kappa shape index (κ3) is 3.82. The molecular weight excluding hydrogens is 303 g/mol. The van der Waals surface area contributed by atoms with Gasteiger partial charge in [0.25, 0.3) is 11.6 Å². The van der Waals surface area contributed by atoms with E-state index in [4.69, 9.17) is 4.74 Å². The Morgan fingerprint density at radius 3 is 2.48 bits per heavy atom. The maximum Gasteiger partial charge on any atom is 0.270 e. The highest BCUT2D eigenvalue weighted by Gasteiger charge is 2.19. The molecule has 23 heavy (non-hydrogen) atoms. The van der Waals surface area contributed by atoms with Crippen molar-refractivity contribution in [3.8, 4) is 5.75 Å². The molecule has 2 aromatic carbocycles. The molecule has 0 fully saturated rings. The second-order valence-electron chi connectivity index (χ2n) is 4.89. The van der Waals surface area contributed by atoms with Gasteiger partial charge in [-0.15, -0.1) is 0 Å². The predicted octanol–water partition coefficient (Wildman–Crippen LogP) is 3.23. The molecule has 0 aromatic heterocycles. The van der Waals surface area contributed by atoms with E-state index in [1.807, 2.05) is 0 Å². The molecule has 7 heteroatoms. The second-order valence-corrected chi connectivity index (χ2v) is 4.89. The lowest BCUT2D eigenvalue weighted by molar-refractivity contribution is -0.384. The summed E-state index contributed by atoms with van der Waals surface area (Å²) in [5.41, 5.74) is 0.574. The number of carbonyl (C=O) groups is 1. The minimum Gasteiger partial charge on any atom is -0.496 e. The number of non-ortho nitro benzene ring substituents is 1. The smallest absolute Gasteiger partial charge is 0.270 e. The lowest BCUT2D eigenvalue weighted by Gasteiger charge is -2.15. The van der Waals surface area contributed by atoms with Crippen LogP contribution in [0.5, 0.6) is 5.75 Å². The number of rotatable bonds is 5. The van der Waals surface area contributed by atoms with Gasteiger partial charge in [0.15, 0.2) is 0 Å². The molecule has 0 radical (unpaired) electrons. The monoisotopic (exact) mass is 318 g/mol. The number of hydrogen-bond acceptors (Lipinski definition) is 4. The van der Waals surface area contributed by atoms with Crippen molar-refractivity contribution in [2.24, 2.45) is 0 Å². The quantitative estimate of drug-likeness (QED) is 0.678. The van der Waals surface area contributed by atoms with Crippen LogP contribution in [0.2, 0.25) is 0 Å². The standard InChI is InChI=1S/C16H15FN2O4/c1-10(11-3-5-12(17)6-4-11)18-16(20)14-9-13(19(21)22)7-8-15(14)23-2/h3-10H,1-2H3,(H,18,20). The summed E-state index contributed by atoms with van der Waals surface area (Å²) in [5.74, 6) is -0.644. The number of nitrogens with one attached hydrogen (secondary N) is 1. The molecule has 0 bridgehead atoms. The molecule has 120 valence electrons. The van der Waals surface area contributed by atoms with Crippen LogP contribution in [0.25, 0.3) is 0 Å². The molecule has 1 atom stereocenters. The van der Waals surface area contributed by atoms with Gasteiger partial charge in [-0.1, -0.05) is 12.1 Å². The number of halogens is 1. The maximum absolute atomic E-state index is 12.9. The van der Waals surface area contributed by atoms with Crippen LogP contribution in [-0.4, -0.2) is 17.9 Å². The molecule has 0 spiro atoms. The van der Waals surface area contributed by atoms with Crippen molar-refractivity contribution in [1.82, 2.24) is 5.32 Å². The third-order valence-corrected chi connectivity index (χ3v) is 3.36. The summed E-state index contributed by atoms with van der Waals surface area (Å²) >= 11 is 0. The highest BCUT2D eigenvalue weighted by molar-refractivity contribution is 5.97. The van der Waals surface area contributed by atoms with E-state index in [2.05, 4.69) is 5.32 Å². The summed E-state index contributed by atoms with van der Waals surface area (Å²) in [4.78, 5) is 22.6. The van der Waals surface area contributed by atoms with E-state index in [1.54, 1.807) is 19.1 Å². The van der Waals surface area contributed by atoms with Crippen molar-refractivity contribution < 1.29 is 18.8 Å². The third-order valence-electron chi connectivity index (χ3n) is 3.36. The highest BCUT2D eigenvalue weighted by atomic mass is 19.1. The number of nitro benzene ring substituents is 1. The van der Waals surface area contributed by atoms with E-state index in [0.29, 0.717) is 5.56 Å². The molecule has 0 aliphatic carbocycles. The number of nitro groups is 1. The minimum atomic E-state index is -0.584. The van der Waals surface area contributed by atoms with Gasteiger partial charge in [0.1, 0.15) is 11.6 Å². The number of hydrogen-bond donors (Lipinski definition) is 1. The van der Waals surface area contributed by atoms with E-state index in [9.17, 15) is 19.3 Å². The average Bonchev–Trinajstić information content (AvgIpc) is 2.54. The number of methoxy groups -OCH3 is 1. The van der Waals surface area contributed by atoms with Gasteiger partial charge >= 0.3 is 0 Å². The Kier molecular flexibility index (Phi) is 4.90. The first-order valence-electron chi connectivity index (χ1n) is 6.81. The number of amides is 1. The van der Waals surface area contributed by atoms with Gasteiger partial charge in [0.2, 0.25) is 0 Å². The Balaban J connectivity index is 2.24. The van der Waals surface area contributed by atoms with Gasteiger partial charge in [-0.05, 0) is 30.7 Å². The zero-order valence-corrected chi connectivity index (χ0v) is 12.6.